The lowest BCUT2D eigenvalue weighted by molar-refractivity contribution is 0.251. The molecule has 0 saturated heterocycles. The minimum Gasteiger partial charge on any atom is -0.331 e. The quantitative estimate of drug-likeness (QED) is 0.224. The highest BCUT2D eigenvalue weighted by Crippen LogP contribution is 2.32. The number of aryl methyl sites for hydroxylation is 1. The number of para-hydroxylation sites is 1. The molecule has 0 atom stereocenters. The molecule has 2 N–H and O–H groups in total. The Kier molecular flexibility index (Phi) is 8.46. The zero-order chi connectivity index (χ0) is 24.9. The molecule has 4 rings (SSSR count). The van der Waals surface area contributed by atoms with Crippen LogP contribution < -0.4 is 10.6 Å². The Hall–Kier alpha value is -2.42. The van der Waals surface area contributed by atoms with Gasteiger partial charge in [-0.3, -0.25) is 4.57 Å². The molecule has 0 unspecified atom stereocenters. The van der Waals surface area contributed by atoms with E-state index in [1.165, 1.54) is 22.9 Å². The van der Waals surface area contributed by atoms with Crippen LogP contribution in [-0.4, -0.2) is 20.8 Å². The lowest BCUT2D eigenvalue weighted by Gasteiger charge is -2.14. The van der Waals surface area contributed by atoms with Crippen LogP contribution in [0.25, 0.3) is 5.69 Å². The van der Waals surface area contributed by atoms with E-state index in [1.807, 2.05) is 12.1 Å². The molecular weight excluding hydrogens is 548 g/mol. The third-order valence-corrected chi connectivity index (χ3v) is 7.24. The summed E-state index contributed by atoms with van der Waals surface area (Å²) in [5.74, 6) is 1.16. The summed E-state index contributed by atoms with van der Waals surface area (Å²) in [5, 5.41) is 16.4. The van der Waals surface area contributed by atoms with Crippen molar-refractivity contribution < 1.29 is 4.79 Å². The van der Waals surface area contributed by atoms with Crippen LogP contribution in [0, 0.1) is 6.92 Å². The number of rotatable bonds is 7. The Morgan fingerprint density at radius 1 is 0.943 bits per heavy atom. The van der Waals surface area contributed by atoms with Gasteiger partial charge in [0.25, 0.3) is 0 Å². The molecule has 4 aromatic rings. The molecule has 0 aliphatic heterocycles. The first-order valence-electron chi connectivity index (χ1n) is 10.4. The van der Waals surface area contributed by atoms with E-state index in [2.05, 4.69) is 39.9 Å². The second kappa shape index (κ2) is 11.5. The van der Waals surface area contributed by atoms with E-state index < -0.39 is 6.03 Å². The molecule has 6 nitrogen and oxygen atoms in total. The minimum atomic E-state index is -0.499. The van der Waals surface area contributed by atoms with Crippen molar-refractivity contribution >= 4 is 69.9 Å². The highest BCUT2D eigenvalue weighted by Gasteiger charge is 2.19. The molecule has 35 heavy (non-hydrogen) atoms. The molecule has 2 amide bonds. The molecule has 11 heteroatoms. The molecule has 0 spiro atoms. The molecule has 0 fully saturated rings. The lowest BCUT2D eigenvalue weighted by Crippen LogP contribution is -2.29. The van der Waals surface area contributed by atoms with Crippen molar-refractivity contribution in [2.75, 3.05) is 5.32 Å². The van der Waals surface area contributed by atoms with Crippen molar-refractivity contribution in [2.45, 2.75) is 24.4 Å². The van der Waals surface area contributed by atoms with Gasteiger partial charge in [0.15, 0.2) is 11.0 Å². The summed E-state index contributed by atoms with van der Waals surface area (Å²) in [5.41, 5.74) is 3.30. The van der Waals surface area contributed by atoms with E-state index in [0.717, 1.165) is 0 Å². The number of hydrogen-bond acceptors (Lipinski definition) is 4. The third kappa shape index (κ3) is 6.23. The minimum absolute atomic E-state index is 0.0642. The first-order chi connectivity index (χ1) is 16.8. The number of thioether (sulfide) groups is 1. The molecule has 1 aromatic heterocycles. The predicted molar refractivity (Wildman–Crippen MR) is 144 cm³/mol. The number of anilines is 1. The molecule has 0 aliphatic carbocycles. The summed E-state index contributed by atoms with van der Waals surface area (Å²) in [4.78, 5) is 12.6. The van der Waals surface area contributed by atoms with Gasteiger partial charge in [-0.2, -0.15) is 0 Å². The number of nitrogens with one attached hydrogen (secondary N) is 2. The maximum absolute atomic E-state index is 12.6. The zero-order valence-electron chi connectivity index (χ0n) is 18.4. The maximum Gasteiger partial charge on any atom is 0.319 e. The Morgan fingerprint density at radius 3 is 2.43 bits per heavy atom. The van der Waals surface area contributed by atoms with E-state index in [-0.39, 0.29) is 6.54 Å². The number of carbonyl (C=O) groups excluding carboxylic acids is 1. The van der Waals surface area contributed by atoms with Crippen molar-refractivity contribution in [2.24, 2.45) is 0 Å². The van der Waals surface area contributed by atoms with Crippen LogP contribution in [0.5, 0.6) is 0 Å². The molecule has 0 saturated carbocycles. The number of halogens is 4. The summed E-state index contributed by atoms with van der Waals surface area (Å²) >= 11 is 26.6. The van der Waals surface area contributed by atoms with Gasteiger partial charge in [-0.1, -0.05) is 88.5 Å². The number of amides is 2. The maximum atomic E-state index is 12.6. The predicted octanol–water partition coefficient (Wildman–Crippen LogP) is 7.80. The summed E-state index contributed by atoms with van der Waals surface area (Å²) in [7, 11) is 0. The number of nitrogens with zero attached hydrogens (tertiary/aromatic N) is 3. The fourth-order valence-electron chi connectivity index (χ4n) is 3.26. The number of hydrogen-bond donors (Lipinski definition) is 2. The molecule has 1 heterocycles. The van der Waals surface area contributed by atoms with Crippen molar-refractivity contribution in [3.05, 3.63) is 97.7 Å². The highest BCUT2D eigenvalue weighted by atomic mass is 35.5. The average molecular weight is 567 g/mol. The summed E-state index contributed by atoms with van der Waals surface area (Å²) in [6, 6.07) is 17.8. The van der Waals surface area contributed by atoms with Crippen LogP contribution in [0.3, 0.4) is 0 Å². The smallest absolute Gasteiger partial charge is 0.319 e. The Labute approximate surface area is 226 Å². The van der Waals surface area contributed by atoms with Gasteiger partial charge in [-0.25, -0.2) is 4.79 Å². The van der Waals surface area contributed by atoms with Crippen LogP contribution in [0.2, 0.25) is 20.1 Å². The van der Waals surface area contributed by atoms with Gasteiger partial charge in [-0.15, -0.1) is 10.2 Å². The number of aromatic nitrogens is 3. The van der Waals surface area contributed by atoms with Crippen molar-refractivity contribution in [3.8, 4) is 5.69 Å². The van der Waals surface area contributed by atoms with Gasteiger partial charge in [0, 0.05) is 10.8 Å². The summed E-state index contributed by atoms with van der Waals surface area (Å²) < 4.78 is 1.79. The Bertz CT molecular complexity index is 1360. The van der Waals surface area contributed by atoms with Crippen LogP contribution in [-0.2, 0) is 12.3 Å². The largest absolute Gasteiger partial charge is 0.331 e. The van der Waals surface area contributed by atoms with Crippen molar-refractivity contribution in [3.63, 3.8) is 0 Å². The normalized spacial score (nSPS) is 10.9. The third-order valence-electron chi connectivity index (χ3n) is 5.08. The van der Waals surface area contributed by atoms with Gasteiger partial charge in [0.1, 0.15) is 0 Å². The lowest BCUT2D eigenvalue weighted by atomic mass is 10.1. The molecule has 0 aliphatic rings. The van der Waals surface area contributed by atoms with E-state index in [1.54, 1.807) is 41.0 Å². The number of benzene rings is 3. The molecular formula is C24H19Cl4N5OS. The molecule has 3 aromatic carbocycles. The van der Waals surface area contributed by atoms with Gasteiger partial charge in [0.05, 0.1) is 33.0 Å². The first kappa shape index (κ1) is 25.7. The van der Waals surface area contributed by atoms with Crippen LogP contribution in [0.1, 0.15) is 17.0 Å². The van der Waals surface area contributed by atoms with Crippen LogP contribution >= 0.6 is 58.2 Å². The fraction of sp³-hybridized carbons (Fsp3) is 0.125. The average Bonchev–Trinajstić information content (AvgIpc) is 3.24. The second-order valence-electron chi connectivity index (χ2n) is 7.45. The topological polar surface area (TPSA) is 71.8 Å². The van der Waals surface area contributed by atoms with Gasteiger partial charge in [-0.05, 0) is 48.4 Å². The van der Waals surface area contributed by atoms with Crippen molar-refractivity contribution in [1.82, 2.24) is 20.1 Å². The van der Waals surface area contributed by atoms with Crippen LogP contribution in [0.15, 0.2) is 65.8 Å². The Morgan fingerprint density at radius 2 is 1.69 bits per heavy atom. The van der Waals surface area contributed by atoms with Crippen molar-refractivity contribution in [1.29, 1.82) is 0 Å². The molecule has 180 valence electrons. The summed E-state index contributed by atoms with van der Waals surface area (Å²) in [6.07, 6.45) is 0. The second-order valence-corrected chi connectivity index (χ2v) is 10.0. The SMILES string of the molecule is Cc1ccccc1CSc1nnc(CNC(=O)Nc2c(Cl)cccc2Cl)n1-c1cc(Cl)ccc1Cl. The van der Waals surface area contributed by atoms with Gasteiger partial charge < -0.3 is 10.6 Å². The fourth-order valence-corrected chi connectivity index (χ4v) is 5.16. The Balaban J connectivity index is 1.58. The van der Waals surface area contributed by atoms with E-state index in [9.17, 15) is 4.79 Å². The standard InChI is InChI=1S/C24H19Cl4N5OS/c1-14-5-2-3-6-15(14)13-35-24-32-31-21(33(24)20-11-16(25)9-10-17(20)26)12-29-23(34)30-22-18(27)7-4-8-19(22)28/h2-11H,12-13H2,1H3,(H2,29,30,34). The van der Waals surface area contributed by atoms with Gasteiger partial charge in [0.2, 0.25) is 0 Å². The van der Waals surface area contributed by atoms with E-state index in [0.29, 0.717) is 48.2 Å². The zero-order valence-corrected chi connectivity index (χ0v) is 22.2. The van der Waals surface area contributed by atoms with E-state index in [4.69, 9.17) is 46.4 Å². The number of urea groups is 1. The molecule has 0 radical (unpaired) electrons. The number of carbonyl (C=O) groups is 1. The van der Waals surface area contributed by atoms with E-state index >= 15 is 0 Å². The molecule has 0 bridgehead atoms. The monoisotopic (exact) mass is 565 g/mol. The summed E-state index contributed by atoms with van der Waals surface area (Å²) in [6.45, 7) is 2.13. The van der Waals surface area contributed by atoms with Gasteiger partial charge >= 0.3 is 6.03 Å². The first-order valence-corrected chi connectivity index (χ1v) is 12.9. The highest BCUT2D eigenvalue weighted by molar-refractivity contribution is 7.98. The van der Waals surface area contributed by atoms with Crippen LogP contribution in [0.4, 0.5) is 10.5 Å².